The Kier molecular flexibility index (Phi) is 2.43. The summed E-state index contributed by atoms with van der Waals surface area (Å²) in [5.74, 6) is 3.19. The third-order valence-corrected chi connectivity index (χ3v) is 5.66. The van der Waals surface area contributed by atoms with Gasteiger partial charge >= 0.3 is 0 Å². The third-order valence-electron chi connectivity index (χ3n) is 5.66. The lowest BCUT2D eigenvalue weighted by atomic mass is 10.0. The third kappa shape index (κ3) is 1.71. The van der Waals surface area contributed by atoms with E-state index < -0.39 is 0 Å². The van der Waals surface area contributed by atoms with Crippen molar-refractivity contribution >= 4 is 11.0 Å². The number of benzene rings is 1. The van der Waals surface area contributed by atoms with Crippen LogP contribution in [0.15, 0.2) is 12.1 Å². The van der Waals surface area contributed by atoms with Gasteiger partial charge in [0, 0.05) is 24.5 Å². The van der Waals surface area contributed by atoms with Crippen LogP contribution in [-0.4, -0.2) is 23.2 Å². The summed E-state index contributed by atoms with van der Waals surface area (Å²) in [6.07, 6.45) is 0.922. The van der Waals surface area contributed by atoms with Crippen molar-refractivity contribution in [2.75, 3.05) is 13.2 Å². The van der Waals surface area contributed by atoms with E-state index in [0.29, 0.717) is 19.1 Å². The molecule has 4 heteroatoms. The van der Waals surface area contributed by atoms with E-state index in [1.165, 1.54) is 0 Å². The number of nitrogens with one attached hydrogen (secondary N) is 1. The van der Waals surface area contributed by atoms with E-state index >= 15 is 0 Å². The van der Waals surface area contributed by atoms with Gasteiger partial charge in [-0.3, -0.25) is 0 Å². The van der Waals surface area contributed by atoms with Gasteiger partial charge in [-0.25, -0.2) is 4.98 Å². The maximum Gasteiger partial charge on any atom is 0.163 e. The number of imidazole rings is 1. The smallest absolute Gasteiger partial charge is 0.163 e. The van der Waals surface area contributed by atoms with Gasteiger partial charge in [-0.1, -0.05) is 27.7 Å². The van der Waals surface area contributed by atoms with E-state index in [4.69, 9.17) is 14.5 Å². The molecule has 1 aromatic heterocycles. The number of rotatable bonds is 1. The first kappa shape index (κ1) is 13.0. The summed E-state index contributed by atoms with van der Waals surface area (Å²) >= 11 is 0. The molecular formula is C17H22N2O2. The molecule has 2 aliphatic rings. The molecule has 0 saturated heterocycles. The maximum absolute atomic E-state index is 5.75. The molecule has 0 amide bonds. The molecule has 1 N–H and O–H groups in total. The van der Waals surface area contributed by atoms with Gasteiger partial charge in [-0.05, 0) is 10.8 Å². The lowest BCUT2D eigenvalue weighted by Gasteiger charge is -2.05. The standard InChI is InChI=1S/C17H22N2O2/c1-16(2)14(17(16,3)4)15-18-10-8-12-13(9-11(10)19-15)21-7-5-6-20-12/h8-9,14H,5-7H2,1-4H3,(H,18,19). The summed E-state index contributed by atoms with van der Waals surface area (Å²) in [5.41, 5.74) is 2.57. The number of aromatic nitrogens is 2. The van der Waals surface area contributed by atoms with Crippen LogP contribution in [0, 0.1) is 10.8 Å². The molecule has 4 nitrogen and oxygen atoms in total. The van der Waals surface area contributed by atoms with Crippen molar-refractivity contribution in [2.24, 2.45) is 10.8 Å². The number of hydrogen-bond acceptors (Lipinski definition) is 3. The van der Waals surface area contributed by atoms with E-state index in [1.54, 1.807) is 0 Å². The summed E-state index contributed by atoms with van der Waals surface area (Å²) in [6.45, 7) is 10.7. The summed E-state index contributed by atoms with van der Waals surface area (Å²) in [7, 11) is 0. The van der Waals surface area contributed by atoms with Gasteiger partial charge in [0.1, 0.15) is 5.82 Å². The van der Waals surface area contributed by atoms with Crippen molar-refractivity contribution in [3.05, 3.63) is 18.0 Å². The maximum atomic E-state index is 5.75. The van der Waals surface area contributed by atoms with Crippen molar-refractivity contribution < 1.29 is 9.47 Å². The van der Waals surface area contributed by atoms with Gasteiger partial charge in [0.2, 0.25) is 0 Å². The summed E-state index contributed by atoms with van der Waals surface area (Å²) in [6, 6.07) is 4.02. The average molecular weight is 286 g/mol. The van der Waals surface area contributed by atoms with Crippen molar-refractivity contribution in [1.29, 1.82) is 0 Å². The Bertz CT molecular complexity index is 658. The summed E-state index contributed by atoms with van der Waals surface area (Å²) < 4.78 is 11.5. The summed E-state index contributed by atoms with van der Waals surface area (Å²) in [4.78, 5) is 8.31. The molecule has 0 spiro atoms. The van der Waals surface area contributed by atoms with Gasteiger partial charge in [-0.15, -0.1) is 0 Å². The SMILES string of the molecule is CC1(C)C(c2nc3cc4c(cc3[nH]2)OCCCO4)C1(C)C. The van der Waals surface area contributed by atoms with Crippen molar-refractivity contribution in [1.82, 2.24) is 9.97 Å². The molecule has 1 aliphatic heterocycles. The molecule has 0 atom stereocenters. The lowest BCUT2D eigenvalue weighted by molar-refractivity contribution is 0.297. The molecule has 2 aromatic rings. The zero-order chi connectivity index (χ0) is 14.8. The molecule has 112 valence electrons. The Labute approximate surface area is 124 Å². The van der Waals surface area contributed by atoms with E-state index in [2.05, 4.69) is 32.7 Å². The molecular weight excluding hydrogens is 264 g/mol. The minimum atomic E-state index is 0.283. The molecule has 4 rings (SSSR count). The first-order chi connectivity index (χ1) is 9.91. The quantitative estimate of drug-likeness (QED) is 0.865. The van der Waals surface area contributed by atoms with Gasteiger partial charge in [0.05, 0.1) is 24.2 Å². The molecule has 0 unspecified atom stereocenters. The second kappa shape index (κ2) is 3.93. The minimum Gasteiger partial charge on any atom is -0.489 e. The van der Waals surface area contributed by atoms with Crippen LogP contribution in [0.2, 0.25) is 0 Å². The van der Waals surface area contributed by atoms with Crippen LogP contribution in [0.3, 0.4) is 0 Å². The number of H-pyrrole nitrogens is 1. The van der Waals surface area contributed by atoms with Crippen LogP contribution in [-0.2, 0) is 0 Å². The Balaban J connectivity index is 1.78. The second-order valence-corrected chi connectivity index (χ2v) is 7.37. The normalized spacial score (nSPS) is 23.0. The Morgan fingerprint density at radius 3 is 2.29 bits per heavy atom. The fourth-order valence-corrected chi connectivity index (χ4v) is 3.70. The van der Waals surface area contributed by atoms with E-state index in [0.717, 1.165) is 34.8 Å². The number of aromatic amines is 1. The first-order valence-corrected chi connectivity index (χ1v) is 7.70. The Morgan fingerprint density at radius 1 is 1.05 bits per heavy atom. The first-order valence-electron chi connectivity index (χ1n) is 7.70. The molecule has 1 fully saturated rings. The highest BCUT2D eigenvalue weighted by Crippen LogP contribution is 2.73. The average Bonchev–Trinajstić information content (AvgIpc) is 2.65. The molecule has 1 saturated carbocycles. The Hall–Kier alpha value is -1.71. The van der Waals surface area contributed by atoms with E-state index in [-0.39, 0.29) is 10.8 Å². The van der Waals surface area contributed by atoms with Crippen LogP contribution in [0.25, 0.3) is 11.0 Å². The number of ether oxygens (including phenoxy) is 2. The van der Waals surface area contributed by atoms with Crippen LogP contribution >= 0.6 is 0 Å². The predicted octanol–water partition coefficient (Wildman–Crippen LogP) is 3.87. The fraction of sp³-hybridized carbons (Fsp3) is 0.588. The highest BCUT2D eigenvalue weighted by Gasteiger charge is 2.66. The van der Waals surface area contributed by atoms with Gasteiger partial charge in [-0.2, -0.15) is 0 Å². The topological polar surface area (TPSA) is 47.1 Å². The monoisotopic (exact) mass is 286 g/mol. The van der Waals surface area contributed by atoms with Crippen LogP contribution in [0.1, 0.15) is 45.9 Å². The predicted molar refractivity (Wildman–Crippen MR) is 82.0 cm³/mol. The van der Waals surface area contributed by atoms with E-state index in [1.807, 2.05) is 12.1 Å². The zero-order valence-corrected chi connectivity index (χ0v) is 13.1. The number of fused-ring (bicyclic) bond motifs is 2. The van der Waals surface area contributed by atoms with Gasteiger partial charge in [0.15, 0.2) is 11.5 Å². The minimum absolute atomic E-state index is 0.283. The van der Waals surface area contributed by atoms with Gasteiger partial charge < -0.3 is 14.5 Å². The number of hydrogen-bond donors (Lipinski definition) is 1. The van der Waals surface area contributed by atoms with E-state index in [9.17, 15) is 0 Å². The lowest BCUT2D eigenvalue weighted by Crippen LogP contribution is -1.97. The molecule has 0 radical (unpaired) electrons. The van der Waals surface area contributed by atoms with Crippen LogP contribution in [0.4, 0.5) is 0 Å². The molecule has 1 aliphatic carbocycles. The van der Waals surface area contributed by atoms with Crippen molar-refractivity contribution in [2.45, 2.75) is 40.0 Å². The molecule has 21 heavy (non-hydrogen) atoms. The molecule has 0 bridgehead atoms. The summed E-state index contributed by atoms with van der Waals surface area (Å²) in [5, 5.41) is 0. The van der Waals surface area contributed by atoms with Crippen molar-refractivity contribution in [3.8, 4) is 11.5 Å². The van der Waals surface area contributed by atoms with Crippen LogP contribution in [0.5, 0.6) is 11.5 Å². The van der Waals surface area contributed by atoms with Crippen molar-refractivity contribution in [3.63, 3.8) is 0 Å². The molecule has 1 aromatic carbocycles. The fourth-order valence-electron chi connectivity index (χ4n) is 3.70. The second-order valence-electron chi connectivity index (χ2n) is 7.37. The zero-order valence-electron chi connectivity index (χ0n) is 13.1. The van der Waals surface area contributed by atoms with Gasteiger partial charge in [0.25, 0.3) is 0 Å². The largest absolute Gasteiger partial charge is 0.489 e. The van der Waals surface area contributed by atoms with Crippen LogP contribution < -0.4 is 9.47 Å². The number of nitrogens with zero attached hydrogens (tertiary/aromatic N) is 1. The Morgan fingerprint density at radius 2 is 1.67 bits per heavy atom. The molecule has 2 heterocycles. The highest BCUT2D eigenvalue weighted by molar-refractivity contribution is 5.80. The highest BCUT2D eigenvalue weighted by atomic mass is 16.5.